The van der Waals surface area contributed by atoms with Gasteiger partial charge in [-0.05, 0) is 91.1 Å². The maximum absolute atomic E-state index is 12.3. The maximum Gasteiger partial charge on any atom is 0.239 e. The number of hydrogen-bond acceptors (Lipinski definition) is 6. The number of carbonyl (C=O) groups is 2. The average Bonchev–Trinajstić information content (AvgIpc) is 2.71. The number of primary amides is 1. The largest absolute Gasteiger partial charge is 0.370 e. The molecule has 0 aliphatic carbocycles. The number of nitrogens with two attached hydrogens (primary N) is 2. The number of unbranched alkanes of at least 4 members (excludes halogenated alkanes) is 3. The predicted molar refractivity (Wildman–Crippen MR) is 121 cm³/mol. The molecule has 0 saturated carbocycles. The van der Waals surface area contributed by atoms with Crippen LogP contribution in [0.25, 0.3) is 0 Å². The Bertz CT molecular complexity index is 409. The van der Waals surface area contributed by atoms with Crippen molar-refractivity contribution >= 4 is 11.8 Å². The zero-order valence-electron chi connectivity index (χ0n) is 18.8. The minimum Gasteiger partial charge on any atom is -0.370 e. The molecule has 0 aromatic rings. The number of hydrogen-bond donors (Lipinski definition) is 5. The molecule has 0 aromatic carbocycles. The minimum absolute atomic E-state index is 0.0872. The van der Waals surface area contributed by atoms with Gasteiger partial charge in [-0.25, -0.2) is 0 Å². The molecule has 0 bridgehead atoms. The monoisotopic (exact) mass is 414 g/mol. The molecular weight excluding hydrogens is 368 g/mol. The summed E-state index contributed by atoms with van der Waals surface area (Å²) in [5.41, 5.74) is 11.0. The lowest BCUT2D eigenvalue weighted by molar-refractivity contribution is -0.132. The van der Waals surface area contributed by atoms with E-state index in [0.29, 0.717) is 19.5 Å². The van der Waals surface area contributed by atoms with Gasteiger partial charge in [0, 0.05) is 19.5 Å². The summed E-state index contributed by atoms with van der Waals surface area (Å²) in [4.78, 5) is 24.9. The van der Waals surface area contributed by atoms with Gasteiger partial charge < -0.3 is 32.3 Å². The molecule has 29 heavy (non-hydrogen) atoms. The second kappa shape index (κ2) is 20.1. The van der Waals surface area contributed by atoms with Crippen molar-refractivity contribution in [1.29, 1.82) is 0 Å². The number of amides is 2. The van der Waals surface area contributed by atoms with E-state index >= 15 is 0 Å². The second-order valence-corrected chi connectivity index (χ2v) is 7.50. The zero-order valence-corrected chi connectivity index (χ0v) is 18.8. The van der Waals surface area contributed by atoms with Gasteiger partial charge >= 0.3 is 0 Å². The topological polar surface area (TPSA) is 126 Å². The summed E-state index contributed by atoms with van der Waals surface area (Å²) in [5, 5.41) is 10.3. The molecule has 0 spiro atoms. The van der Waals surface area contributed by atoms with Gasteiger partial charge in [-0.1, -0.05) is 6.92 Å². The summed E-state index contributed by atoms with van der Waals surface area (Å²) in [6, 6.07) is -0.637. The van der Waals surface area contributed by atoms with Crippen molar-refractivity contribution in [2.24, 2.45) is 11.5 Å². The lowest BCUT2D eigenvalue weighted by Gasteiger charge is -2.24. The summed E-state index contributed by atoms with van der Waals surface area (Å²) in [6.07, 6.45) is 7.30. The van der Waals surface area contributed by atoms with Crippen molar-refractivity contribution in [3.05, 3.63) is 0 Å². The summed E-state index contributed by atoms with van der Waals surface area (Å²) >= 11 is 0. The maximum atomic E-state index is 12.3. The molecular formula is C21H46N6O2. The molecule has 0 aromatic heterocycles. The highest BCUT2D eigenvalue weighted by Crippen LogP contribution is 2.03. The Morgan fingerprint density at radius 3 is 1.76 bits per heavy atom. The van der Waals surface area contributed by atoms with E-state index in [9.17, 15) is 9.59 Å². The van der Waals surface area contributed by atoms with E-state index in [1.165, 1.54) is 25.7 Å². The fraction of sp³-hybridized carbons (Fsp3) is 0.905. The summed E-state index contributed by atoms with van der Waals surface area (Å²) in [7, 11) is 0. The van der Waals surface area contributed by atoms with Gasteiger partial charge in [-0.3, -0.25) is 9.59 Å². The Kier molecular flexibility index (Phi) is 19.2. The molecule has 0 saturated heterocycles. The molecule has 0 aliphatic rings. The van der Waals surface area contributed by atoms with Crippen LogP contribution in [-0.2, 0) is 9.59 Å². The number of nitrogens with zero attached hydrogens (tertiary/aromatic N) is 1. The Balaban J connectivity index is 3.51. The highest BCUT2D eigenvalue weighted by Gasteiger charge is 2.19. The van der Waals surface area contributed by atoms with Gasteiger partial charge in [0.25, 0.3) is 0 Å². The van der Waals surface area contributed by atoms with E-state index in [1.54, 1.807) is 4.90 Å². The van der Waals surface area contributed by atoms with Crippen molar-refractivity contribution in [3.8, 4) is 0 Å². The first-order valence-corrected chi connectivity index (χ1v) is 11.5. The van der Waals surface area contributed by atoms with Gasteiger partial charge in [0.15, 0.2) is 0 Å². The minimum atomic E-state index is -0.637. The Morgan fingerprint density at radius 2 is 1.31 bits per heavy atom. The van der Waals surface area contributed by atoms with E-state index in [2.05, 4.69) is 22.9 Å². The number of likely N-dealkylation sites (N-methyl/N-ethyl adjacent to an activating group) is 1. The van der Waals surface area contributed by atoms with Crippen LogP contribution in [0.2, 0.25) is 0 Å². The van der Waals surface area contributed by atoms with Crippen LogP contribution >= 0.6 is 0 Å². The Labute approximate surface area is 177 Å². The van der Waals surface area contributed by atoms with Gasteiger partial charge in [0.05, 0.1) is 6.04 Å². The fourth-order valence-electron chi connectivity index (χ4n) is 3.06. The first-order chi connectivity index (χ1) is 14.0. The third-order valence-electron chi connectivity index (χ3n) is 4.91. The summed E-state index contributed by atoms with van der Waals surface area (Å²) < 4.78 is 0. The standard InChI is InChI=1S/C21H46N6O2/c1-3-24-13-5-6-14-25-15-7-8-16-26-17-9-10-18-27(4-2)21(29)19(22)11-12-20(23)28/h19,24-26H,3-18,22H2,1-2H3,(H2,23,28). The van der Waals surface area contributed by atoms with E-state index in [4.69, 9.17) is 11.5 Å². The average molecular weight is 415 g/mol. The molecule has 0 radical (unpaired) electrons. The molecule has 0 rings (SSSR count). The van der Waals surface area contributed by atoms with E-state index in [1.807, 2.05) is 6.92 Å². The molecule has 1 unspecified atom stereocenters. The van der Waals surface area contributed by atoms with Crippen molar-refractivity contribution < 1.29 is 9.59 Å². The van der Waals surface area contributed by atoms with E-state index < -0.39 is 11.9 Å². The highest BCUT2D eigenvalue weighted by molar-refractivity contribution is 5.82. The van der Waals surface area contributed by atoms with Gasteiger partial charge in [-0.15, -0.1) is 0 Å². The van der Waals surface area contributed by atoms with Crippen LogP contribution in [0.4, 0.5) is 0 Å². The molecule has 2 amide bonds. The fourth-order valence-corrected chi connectivity index (χ4v) is 3.06. The lowest BCUT2D eigenvalue weighted by atomic mass is 10.1. The van der Waals surface area contributed by atoms with Gasteiger partial charge in [-0.2, -0.15) is 0 Å². The van der Waals surface area contributed by atoms with Crippen LogP contribution < -0.4 is 27.4 Å². The Morgan fingerprint density at radius 1 is 0.828 bits per heavy atom. The molecule has 1 atom stereocenters. The molecule has 8 nitrogen and oxygen atoms in total. The lowest BCUT2D eigenvalue weighted by Crippen LogP contribution is -2.44. The quantitative estimate of drug-likeness (QED) is 0.175. The number of rotatable bonds is 21. The van der Waals surface area contributed by atoms with Gasteiger partial charge in [0.1, 0.15) is 0 Å². The second-order valence-electron chi connectivity index (χ2n) is 7.50. The number of nitrogens with one attached hydrogen (secondary N) is 3. The van der Waals surface area contributed by atoms with Crippen LogP contribution in [0.3, 0.4) is 0 Å². The van der Waals surface area contributed by atoms with Crippen molar-refractivity contribution in [3.63, 3.8) is 0 Å². The van der Waals surface area contributed by atoms with Crippen LogP contribution in [0.15, 0.2) is 0 Å². The predicted octanol–water partition coefficient (Wildman–Crippen LogP) is 0.557. The first kappa shape index (κ1) is 27.8. The van der Waals surface area contributed by atoms with Crippen molar-refractivity contribution in [2.75, 3.05) is 52.4 Å². The van der Waals surface area contributed by atoms with Crippen LogP contribution in [0, 0.1) is 0 Å². The molecule has 7 N–H and O–H groups in total. The van der Waals surface area contributed by atoms with Crippen LogP contribution in [0.5, 0.6) is 0 Å². The smallest absolute Gasteiger partial charge is 0.239 e. The van der Waals surface area contributed by atoms with E-state index in [0.717, 1.165) is 52.1 Å². The third kappa shape index (κ3) is 17.4. The Hall–Kier alpha value is -1.22. The van der Waals surface area contributed by atoms with Crippen LogP contribution in [-0.4, -0.2) is 75.1 Å². The first-order valence-electron chi connectivity index (χ1n) is 11.5. The molecule has 0 aliphatic heterocycles. The molecule has 8 heteroatoms. The SMILES string of the molecule is CCNCCCCNCCCCNCCCCN(CC)C(=O)C(N)CCC(N)=O. The molecule has 0 heterocycles. The van der Waals surface area contributed by atoms with Crippen molar-refractivity contribution in [1.82, 2.24) is 20.9 Å². The van der Waals surface area contributed by atoms with E-state index in [-0.39, 0.29) is 12.3 Å². The number of carbonyl (C=O) groups excluding carboxylic acids is 2. The van der Waals surface area contributed by atoms with Crippen LogP contribution in [0.1, 0.15) is 65.2 Å². The zero-order chi connectivity index (χ0) is 21.7. The third-order valence-corrected chi connectivity index (χ3v) is 4.91. The van der Waals surface area contributed by atoms with Gasteiger partial charge in [0.2, 0.25) is 11.8 Å². The molecule has 172 valence electrons. The summed E-state index contributed by atoms with van der Waals surface area (Å²) in [5.74, 6) is -0.506. The van der Waals surface area contributed by atoms with Crippen molar-refractivity contribution in [2.45, 2.75) is 71.3 Å². The summed E-state index contributed by atoms with van der Waals surface area (Å²) in [6.45, 7) is 11.8. The highest BCUT2D eigenvalue weighted by atomic mass is 16.2. The normalized spacial score (nSPS) is 12.1. The molecule has 0 fully saturated rings.